The second-order valence-corrected chi connectivity index (χ2v) is 8.07. The molecular formula is C18H17N5O4S. The number of benzene rings is 1. The predicted molar refractivity (Wildman–Crippen MR) is 98.4 cm³/mol. The molecule has 1 aliphatic rings. The van der Waals surface area contributed by atoms with Crippen molar-refractivity contribution in [1.82, 2.24) is 24.5 Å². The fourth-order valence-electron chi connectivity index (χ4n) is 2.77. The molecule has 0 spiro atoms. The topological polar surface area (TPSA) is 116 Å². The molecule has 3 heterocycles. The van der Waals surface area contributed by atoms with E-state index in [1.807, 2.05) is 6.92 Å². The van der Waals surface area contributed by atoms with Crippen molar-refractivity contribution in [2.75, 3.05) is 6.61 Å². The summed E-state index contributed by atoms with van der Waals surface area (Å²) in [5.41, 5.74) is 2.20. The number of aromatic nitrogens is 4. The molecule has 0 saturated carbocycles. The smallest absolute Gasteiger partial charge is 0.282 e. The molecule has 0 aliphatic carbocycles. The van der Waals surface area contributed by atoms with E-state index in [9.17, 15) is 13.2 Å². The lowest BCUT2D eigenvalue weighted by molar-refractivity contribution is 0.0945. The minimum atomic E-state index is -3.90. The van der Waals surface area contributed by atoms with Gasteiger partial charge in [-0.25, -0.2) is 0 Å². The third-order valence-corrected chi connectivity index (χ3v) is 5.81. The third-order valence-electron chi connectivity index (χ3n) is 4.27. The number of hydrogen-bond donors (Lipinski definition) is 1. The first kappa shape index (κ1) is 18.1. The summed E-state index contributed by atoms with van der Waals surface area (Å²) in [5.74, 6) is 0.192. The molecule has 2 aromatic heterocycles. The highest BCUT2D eigenvalue weighted by atomic mass is 32.2. The quantitative estimate of drug-likeness (QED) is 0.682. The maximum absolute atomic E-state index is 12.8. The van der Waals surface area contributed by atoms with E-state index in [0.717, 1.165) is 15.3 Å². The lowest BCUT2D eigenvalue weighted by Gasteiger charge is -2.06. The summed E-state index contributed by atoms with van der Waals surface area (Å²) in [7, 11) is -3.90. The molecular weight excluding hydrogens is 382 g/mol. The Hall–Kier alpha value is -3.27. The van der Waals surface area contributed by atoms with Crippen molar-refractivity contribution in [1.29, 1.82) is 0 Å². The van der Waals surface area contributed by atoms with Crippen molar-refractivity contribution >= 4 is 15.9 Å². The van der Waals surface area contributed by atoms with E-state index < -0.39 is 15.9 Å². The SMILES string of the molecule is Cc1cnc(CNC(=O)c2ccn(S(=O)(=O)c3ccc4c(c3)CCO4)n2)cn1. The molecule has 4 rings (SSSR count). The van der Waals surface area contributed by atoms with Crippen molar-refractivity contribution in [2.24, 2.45) is 0 Å². The van der Waals surface area contributed by atoms with Gasteiger partial charge in [-0.05, 0) is 36.8 Å². The third kappa shape index (κ3) is 3.46. The monoisotopic (exact) mass is 399 g/mol. The number of rotatable bonds is 5. The van der Waals surface area contributed by atoms with Gasteiger partial charge < -0.3 is 10.1 Å². The van der Waals surface area contributed by atoms with E-state index in [1.165, 1.54) is 18.3 Å². The number of carbonyl (C=O) groups is 1. The molecule has 1 N–H and O–H groups in total. The Morgan fingerprint density at radius 3 is 2.89 bits per heavy atom. The number of nitrogens with one attached hydrogen (secondary N) is 1. The van der Waals surface area contributed by atoms with Crippen LogP contribution in [-0.2, 0) is 23.0 Å². The second kappa shape index (κ2) is 7.04. The summed E-state index contributed by atoms with van der Waals surface area (Å²) in [6.45, 7) is 2.52. The first-order valence-electron chi connectivity index (χ1n) is 8.56. The number of ether oxygens (including phenoxy) is 1. The van der Waals surface area contributed by atoms with E-state index in [0.29, 0.717) is 24.5 Å². The average molecular weight is 399 g/mol. The molecule has 3 aromatic rings. The molecule has 1 aliphatic heterocycles. The summed E-state index contributed by atoms with van der Waals surface area (Å²) in [6, 6.07) is 6.03. The molecule has 144 valence electrons. The van der Waals surface area contributed by atoms with Gasteiger partial charge >= 0.3 is 0 Å². The van der Waals surface area contributed by atoms with Crippen molar-refractivity contribution in [2.45, 2.75) is 24.8 Å². The van der Waals surface area contributed by atoms with E-state index in [1.54, 1.807) is 24.5 Å². The van der Waals surface area contributed by atoms with Gasteiger partial charge in [0, 0.05) is 18.8 Å². The van der Waals surface area contributed by atoms with E-state index in [2.05, 4.69) is 20.4 Å². The maximum atomic E-state index is 12.8. The number of nitrogens with zero attached hydrogens (tertiary/aromatic N) is 4. The molecule has 0 unspecified atom stereocenters. The van der Waals surface area contributed by atoms with Crippen molar-refractivity contribution in [3.63, 3.8) is 0 Å². The molecule has 9 nitrogen and oxygen atoms in total. The van der Waals surface area contributed by atoms with Crippen LogP contribution >= 0.6 is 0 Å². The van der Waals surface area contributed by atoms with Crippen molar-refractivity contribution < 1.29 is 17.9 Å². The largest absolute Gasteiger partial charge is 0.493 e. The van der Waals surface area contributed by atoms with Crippen LogP contribution in [0, 0.1) is 6.92 Å². The molecule has 28 heavy (non-hydrogen) atoms. The van der Waals surface area contributed by atoms with Gasteiger partial charge in [0.25, 0.3) is 15.9 Å². The van der Waals surface area contributed by atoms with Gasteiger partial charge in [0.15, 0.2) is 5.69 Å². The lowest BCUT2D eigenvalue weighted by Crippen LogP contribution is -2.24. The van der Waals surface area contributed by atoms with Gasteiger partial charge in [-0.1, -0.05) is 0 Å². The number of carbonyl (C=O) groups excluding carboxylic acids is 1. The van der Waals surface area contributed by atoms with E-state index >= 15 is 0 Å². The molecule has 0 fully saturated rings. The molecule has 1 aromatic carbocycles. The molecule has 0 saturated heterocycles. The van der Waals surface area contributed by atoms with Crippen LogP contribution in [0.4, 0.5) is 0 Å². The highest BCUT2D eigenvalue weighted by molar-refractivity contribution is 7.89. The van der Waals surface area contributed by atoms with Crippen LogP contribution in [0.5, 0.6) is 5.75 Å². The standard InChI is InChI=1S/C18H17N5O4S/c1-12-9-20-14(10-19-12)11-21-18(24)16-4-6-23(22-16)28(25,26)15-2-3-17-13(8-15)5-7-27-17/h2-4,6,8-10H,5,7,11H2,1H3,(H,21,24). The predicted octanol–water partition coefficient (Wildman–Crippen LogP) is 1.08. The van der Waals surface area contributed by atoms with Gasteiger partial charge in [-0.3, -0.25) is 14.8 Å². The molecule has 1 amide bonds. The van der Waals surface area contributed by atoms with Crippen LogP contribution in [-0.4, -0.2) is 40.1 Å². The first-order valence-corrected chi connectivity index (χ1v) is 10.0. The highest BCUT2D eigenvalue weighted by Gasteiger charge is 2.23. The summed E-state index contributed by atoms with van der Waals surface area (Å²) < 4.78 is 31.8. The van der Waals surface area contributed by atoms with Crippen LogP contribution in [0.15, 0.2) is 47.8 Å². The first-order chi connectivity index (χ1) is 13.4. The fourth-order valence-corrected chi connectivity index (χ4v) is 3.93. The van der Waals surface area contributed by atoms with Gasteiger partial charge in [0.2, 0.25) is 0 Å². The van der Waals surface area contributed by atoms with Crippen molar-refractivity contribution in [3.8, 4) is 5.75 Å². The van der Waals surface area contributed by atoms with Crippen LogP contribution in [0.2, 0.25) is 0 Å². The van der Waals surface area contributed by atoms with Gasteiger partial charge in [0.05, 0.1) is 35.6 Å². The molecule has 0 atom stereocenters. The average Bonchev–Trinajstić information content (AvgIpc) is 3.36. The Balaban J connectivity index is 1.50. The molecule has 0 bridgehead atoms. The lowest BCUT2D eigenvalue weighted by atomic mass is 10.2. The van der Waals surface area contributed by atoms with Crippen LogP contribution in [0.25, 0.3) is 0 Å². The van der Waals surface area contributed by atoms with Crippen LogP contribution < -0.4 is 10.1 Å². The van der Waals surface area contributed by atoms with Crippen molar-refractivity contribution in [3.05, 3.63) is 65.5 Å². The zero-order chi connectivity index (χ0) is 19.7. The Morgan fingerprint density at radius 1 is 1.25 bits per heavy atom. The van der Waals surface area contributed by atoms with E-state index in [-0.39, 0.29) is 17.1 Å². The Morgan fingerprint density at radius 2 is 2.11 bits per heavy atom. The summed E-state index contributed by atoms with van der Waals surface area (Å²) in [6.07, 6.45) is 5.08. The number of amides is 1. The number of fused-ring (bicyclic) bond motifs is 1. The Labute approximate surface area is 161 Å². The zero-order valence-electron chi connectivity index (χ0n) is 15.0. The number of hydrogen-bond acceptors (Lipinski definition) is 7. The molecule has 10 heteroatoms. The zero-order valence-corrected chi connectivity index (χ0v) is 15.8. The Bertz CT molecular complexity index is 1140. The van der Waals surface area contributed by atoms with Gasteiger partial charge in [0.1, 0.15) is 5.75 Å². The minimum absolute atomic E-state index is 0.00635. The Kier molecular flexibility index (Phi) is 4.55. The summed E-state index contributed by atoms with van der Waals surface area (Å²) in [4.78, 5) is 20.6. The highest BCUT2D eigenvalue weighted by Crippen LogP contribution is 2.28. The van der Waals surface area contributed by atoms with E-state index in [4.69, 9.17) is 4.74 Å². The van der Waals surface area contributed by atoms with Crippen LogP contribution in [0.3, 0.4) is 0 Å². The van der Waals surface area contributed by atoms with Crippen LogP contribution in [0.1, 0.15) is 27.4 Å². The minimum Gasteiger partial charge on any atom is -0.493 e. The normalized spacial score (nSPS) is 13.0. The summed E-state index contributed by atoms with van der Waals surface area (Å²) in [5, 5.41) is 6.57. The summed E-state index contributed by atoms with van der Waals surface area (Å²) >= 11 is 0. The number of aryl methyl sites for hydroxylation is 1. The maximum Gasteiger partial charge on any atom is 0.282 e. The fraction of sp³-hybridized carbons (Fsp3) is 0.222. The van der Waals surface area contributed by atoms with Gasteiger partial charge in [-0.2, -0.15) is 17.6 Å². The van der Waals surface area contributed by atoms with Gasteiger partial charge in [-0.15, -0.1) is 0 Å². The second-order valence-electron chi connectivity index (χ2n) is 6.28. The molecule has 0 radical (unpaired) electrons.